The lowest BCUT2D eigenvalue weighted by molar-refractivity contribution is -0.116. The lowest BCUT2D eigenvalue weighted by Gasteiger charge is -2.11. The van der Waals surface area contributed by atoms with Crippen molar-refractivity contribution in [2.45, 2.75) is 26.8 Å². The van der Waals surface area contributed by atoms with Crippen LogP contribution in [0.1, 0.15) is 29.3 Å². The van der Waals surface area contributed by atoms with E-state index in [1.165, 1.54) is 5.39 Å². The van der Waals surface area contributed by atoms with Crippen molar-refractivity contribution in [3.05, 3.63) is 65.9 Å². The number of fused-ring (bicyclic) bond motifs is 1. The summed E-state index contributed by atoms with van der Waals surface area (Å²) in [4.78, 5) is 24.4. The maximum atomic E-state index is 12.4. The van der Waals surface area contributed by atoms with Gasteiger partial charge in [-0.2, -0.15) is 0 Å². The van der Waals surface area contributed by atoms with Crippen LogP contribution in [0, 0.1) is 6.92 Å². The Morgan fingerprint density at radius 1 is 1.08 bits per heavy atom. The third-order valence-corrected chi connectivity index (χ3v) is 4.37. The van der Waals surface area contributed by atoms with Crippen molar-refractivity contribution in [3.8, 4) is 0 Å². The molecule has 0 saturated carbocycles. The summed E-state index contributed by atoms with van der Waals surface area (Å²) in [5.74, 6) is -0.208. The molecule has 3 rings (SSSR count). The quantitative estimate of drug-likeness (QED) is 0.712. The summed E-state index contributed by atoms with van der Waals surface area (Å²) in [7, 11) is 0. The normalized spacial score (nSPS) is 10.7. The van der Waals surface area contributed by atoms with E-state index < -0.39 is 0 Å². The average Bonchev–Trinajstić information content (AvgIpc) is 3.05. The third-order valence-electron chi connectivity index (χ3n) is 4.37. The fourth-order valence-corrected chi connectivity index (χ4v) is 2.93. The number of hydrogen-bond acceptors (Lipinski definition) is 2. The molecule has 0 aliphatic heterocycles. The Morgan fingerprint density at radius 3 is 2.69 bits per heavy atom. The molecule has 3 aromatic rings. The summed E-state index contributed by atoms with van der Waals surface area (Å²) in [6.07, 6.45) is 2.36. The van der Waals surface area contributed by atoms with Gasteiger partial charge in [-0.15, -0.1) is 0 Å². The number of benzene rings is 2. The van der Waals surface area contributed by atoms with E-state index in [2.05, 4.69) is 21.3 Å². The Bertz CT molecular complexity index is 943. The van der Waals surface area contributed by atoms with Gasteiger partial charge >= 0.3 is 0 Å². The number of carbonyl (C=O) groups is 2. The molecule has 2 aromatic carbocycles. The molecule has 0 saturated heterocycles. The highest BCUT2D eigenvalue weighted by molar-refractivity contribution is 5.97. The first-order chi connectivity index (χ1) is 12.6. The number of hydrogen-bond donors (Lipinski definition) is 2. The molecule has 2 N–H and O–H groups in total. The Hall–Kier alpha value is -3.08. The number of carbonyl (C=O) groups excluding carboxylic acids is 2. The number of rotatable bonds is 6. The minimum Gasteiger partial charge on any atom is -0.352 e. The third kappa shape index (κ3) is 3.94. The molecule has 0 bridgehead atoms. The van der Waals surface area contributed by atoms with Gasteiger partial charge in [-0.3, -0.25) is 9.59 Å². The van der Waals surface area contributed by atoms with Crippen molar-refractivity contribution in [3.63, 3.8) is 0 Å². The lowest BCUT2D eigenvalue weighted by atomic mass is 10.1. The van der Waals surface area contributed by atoms with Crippen LogP contribution in [0.4, 0.5) is 5.69 Å². The minimum atomic E-state index is -0.137. The van der Waals surface area contributed by atoms with Gasteiger partial charge in [0.2, 0.25) is 5.91 Å². The Labute approximate surface area is 153 Å². The molecule has 26 heavy (non-hydrogen) atoms. The smallest absolute Gasteiger partial charge is 0.251 e. The second-order valence-corrected chi connectivity index (χ2v) is 6.26. The predicted molar refractivity (Wildman–Crippen MR) is 104 cm³/mol. The number of aryl methyl sites for hydroxylation is 2. The number of nitrogens with one attached hydrogen (secondary N) is 2. The number of amides is 2. The first-order valence-electron chi connectivity index (χ1n) is 8.81. The van der Waals surface area contributed by atoms with Crippen LogP contribution in [0.2, 0.25) is 0 Å². The second-order valence-electron chi connectivity index (χ2n) is 6.26. The summed E-state index contributed by atoms with van der Waals surface area (Å²) >= 11 is 0. The number of para-hydroxylation sites is 1. The van der Waals surface area contributed by atoms with E-state index in [0.717, 1.165) is 11.1 Å². The molecule has 1 aromatic heterocycles. The SMILES string of the molecule is CCNC(=O)c1ccc(C)c(NC(=O)CCn2ccc3ccccc32)c1. The van der Waals surface area contributed by atoms with Crippen molar-refractivity contribution in [1.29, 1.82) is 0 Å². The van der Waals surface area contributed by atoms with Gasteiger partial charge in [0.15, 0.2) is 0 Å². The van der Waals surface area contributed by atoms with Crippen LogP contribution in [0.15, 0.2) is 54.7 Å². The van der Waals surface area contributed by atoms with E-state index in [-0.39, 0.29) is 11.8 Å². The van der Waals surface area contributed by atoms with Crippen molar-refractivity contribution < 1.29 is 9.59 Å². The summed E-state index contributed by atoms with van der Waals surface area (Å²) < 4.78 is 2.08. The van der Waals surface area contributed by atoms with Crippen LogP contribution in [-0.4, -0.2) is 22.9 Å². The van der Waals surface area contributed by atoms with E-state index in [1.54, 1.807) is 12.1 Å². The van der Waals surface area contributed by atoms with Gasteiger partial charge in [-0.25, -0.2) is 0 Å². The van der Waals surface area contributed by atoms with Gasteiger partial charge < -0.3 is 15.2 Å². The number of aromatic nitrogens is 1. The molecule has 2 amide bonds. The standard InChI is InChI=1S/C21H23N3O2/c1-3-22-21(26)17-9-8-15(2)18(14-17)23-20(25)11-13-24-12-10-16-6-4-5-7-19(16)24/h4-10,12,14H,3,11,13H2,1-2H3,(H,22,26)(H,23,25). The van der Waals surface area contributed by atoms with Crippen LogP contribution in [-0.2, 0) is 11.3 Å². The van der Waals surface area contributed by atoms with E-state index in [1.807, 2.05) is 50.4 Å². The maximum absolute atomic E-state index is 12.4. The van der Waals surface area contributed by atoms with Gasteiger partial charge in [0.05, 0.1) is 0 Å². The average molecular weight is 349 g/mol. The van der Waals surface area contributed by atoms with Crippen molar-refractivity contribution >= 4 is 28.4 Å². The molecule has 0 aliphatic carbocycles. The molecular formula is C21H23N3O2. The highest BCUT2D eigenvalue weighted by Crippen LogP contribution is 2.18. The fourth-order valence-electron chi connectivity index (χ4n) is 2.93. The van der Waals surface area contributed by atoms with E-state index in [0.29, 0.717) is 30.8 Å². The number of nitrogens with zero attached hydrogens (tertiary/aromatic N) is 1. The molecule has 0 radical (unpaired) electrons. The molecule has 5 nitrogen and oxygen atoms in total. The first-order valence-corrected chi connectivity index (χ1v) is 8.81. The molecule has 5 heteroatoms. The van der Waals surface area contributed by atoms with Crippen molar-refractivity contribution in [2.75, 3.05) is 11.9 Å². The van der Waals surface area contributed by atoms with Crippen LogP contribution >= 0.6 is 0 Å². The van der Waals surface area contributed by atoms with Crippen LogP contribution in [0.3, 0.4) is 0 Å². The molecule has 0 aliphatic rings. The van der Waals surface area contributed by atoms with Gasteiger partial charge in [0.1, 0.15) is 0 Å². The minimum absolute atomic E-state index is 0.0704. The summed E-state index contributed by atoms with van der Waals surface area (Å²) in [6, 6.07) is 15.5. The van der Waals surface area contributed by atoms with Gasteiger partial charge in [0, 0.05) is 42.5 Å². The van der Waals surface area contributed by atoms with Crippen molar-refractivity contribution in [2.24, 2.45) is 0 Å². The van der Waals surface area contributed by atoms with Crippen LogP contribution in [0.25, 0.3) is 10.9 Å². The molecule has 0 fully saturated rings. The van der Waals surface area contributed by atoms with E-state index in [4.69, 9.17) is 0 Å². The molecule has 1 heterocycles. The van der Waals surface area contributed by atoms with Gasteiger partial charge in [-0.1, -0.05) is 24.3 Å². The van der Waals surface area contributed by atoms with E-state index >= 15 is 0 Å². The molecule has 0 spiro atoms. The second kappa shape index (κ2) is 7.87. The predicted octanol–water partition coefficient (Wildman–Crippen LogP) is 3.73. The van der Waals surface area contributed by atoms with Gasteiger partial charge in [0.25, 0.3) is 5.91 Å². The molecule has 134 valence electrons. The highest BCUT2D eigenvalue weighted by Gasteiger charge is 2.10. The Morgan fingerprint density at radius 2 is 1.88 bits per heavy atom. The molecular weight excluding hydrogens is 326 g/mol. The number of anilines is 1. The van der Waals surface area contributed by atoms with Crippen LogP contribution in [0.5, 0.6) is 0 Å². The zero-order chi connectivity index (χ0) is 18.5. The zero-order valence-corrected chi connectivity index (χ0v) is 15.1. The zero-order valence-electron chi connectivity index (χ0n) is 15.1. The maximum Gasteiger partial charge on any atom is 0.251 e. The van der Waals surface area contributed by atoms with E-state index in [9.17, 15) is 9.59 Å². The topological polar surface area (TPSA) is 63.1 Å². The fraction of sp³-hybridized carbons (Fsp3) is 0.238. The molecule has 0 atom stereocenters. The Kier molecular flexibility index (Phi) is 5.37. The first kappa shape index (κ1) is 17.7. The van der Waals surface area contributed by atoms with Crippen molar-refractivity contribution in [1.82, 2.24) is 9.88 Å². The summed E-state index contributed by atoms with van der Waals surface area (Å²) in [5, 5.41) is 6.86. The monoisotopic (exact) mass is 349 g/mol. The largest absolute Gasteiger partial charge is 0.352 e. The Balaban J connectivity index is 1.66. The van der Waals surface area contributed by atoms with Crippen LogP contribution < -0.4 is 10.6 Å². The lowest BCUT2D eigenvalue weighted by Crippen LogP contribution is -2.23. The highest BCUT2D eigenvalue weighted by atomic mass is 16.2. The van der Waals surface area contributed by atoms with Gasteiger partial charge in [-0.05, 0) is 49.1 Å². The summed E-state index contributed by atoms with van der Waals surface area (Å²) in [6.45, 7) is 4.96. The summed E-state index contributed by atoms with van der Waals surface area (Å²) in [5.41, 5.74) is 3.27. The molecule has 0 unspecified atom stereocenters.